The van der Waals surface area contributed by atoms with E-state index in [2.05, 4.69) is 21.2 Å². The Balaban J connectivity index is 2.53. The first-order chi connectivity index (χ1) is 8.95. The van der Waals surface area contributed by atoms with Crippen molar-refractivity contribution in [3.8, 4) is 5.75 Å². The van der Waals surface area contributed by atoms with Gasteiger partial charge in [0, 0.05) is 13.1 Å². The standard InChI is InChI=1S/C14H20BrNO3/c1-9(2)11(14(17)18)8-16-7-10-4-5-13(19-3)12(15)6-10/h4-6,9,11,16H,7-8H2,1-3H3,(H,17,18). The average Bonchev–Trinajstić information content (AvgIpc) is 2.33. The fourth-order valence-corrected chi connectivity index (χ4v) is 2.39. The van der Waals surface area contributed by atoms with Gasteiger partial charge in [-0.25, -0.2) is 0 Å². The van der Waals surface area contributed by atoms with Gasteiger partial charge in [0.2, 0.25) is 0 Å². The minimum absolute atomic E-state index is 0.118. The Morgan fingerprint density at radius 3 is 2.63 bits per heavy atom. The van der Waals surface area contributed by atoms with E-state index in [1.807, 2.05) is 32.0 Å². The molecule has 1 aromatic rings. The average molecular weight is 330 g/mol. The van der Waals surface area contributed by atoms with Gasteiger partial charge in [-0.15, -0.1) is 0 Å². The van der Waals surface area contributed by atoms with Gasteiger partial charge in [-0.1, -0.05) is 19.9 Å². The third-order valence-corrected chi connectivity index (χ3v) is 3.65. The number of benzene rings is 1. The zero-order valence-electron chi connectivity index (χ0n) is 11.4. The molecule has 2 N–H and O–H groups in total. The van der Waals surface area contributed by atoms with Gasteiger partial charge in [0.25, 0.3) is 0 Å². The van der Waals surface area contributed by atoms with Crippen LogP contribution in [-0.4, -0.2) is 24.7 Å². The number of hydrogen-bond donors (Lipinski definition) is 2. The molecule has 1 unspecified atom stereocenters. The van der Waals surface area contributed by atoms with Gasteiger partial charge in [-0.2, -0.15) is 0 Å². The predicted octanol–water partition coefficient (Wildman–Crippen LogP) is 2.90. The Labute approximate surface area is 122 Å². The summed E-state index contributed by atoms with van der Waals surface area (Å²) in [5.41, 5.74) is 1.08. The van der Waals surface area contributed by atoms with Crippen molar-refractivity contribution in [2.75, 3.05) is 13.7 Å². The number of carboxylic acid groups (broad SMARTS) is 1. The molecule has 19 heavy (non-hydrogen) atoms. The third-order valence-electron chi connectivity index (χ3n) is 3.03. The summed E-state index contributed by atoms with van der Waals surface area (Å²) in [4.78, 5) is 11.1. The van der Waals surface area contributed by atoms with Crippen LogP contribution in [0.3, 0.4) is 0 Å². The maximum Gasteiger partial charge on any atom is 0.308 e. The summed E-state index contributed by atoms with van der Waals surface area (Å²) in [6.07, 6.45) is 0. The summed E-state index contributed by atoms with van der Waals surface area (Å²) >= 11 is 3.43. The maximum atomic E-state index is 11.1. The van der Waals surface area contributed by atoms with Crippen LogP contribution in [0.5, 0.6) is 5.75 Å². The molecule has 5 heteroatoms. The molecule has 0 amide bonds. The van der Waals surface area contributed by atoms with Gasteiger partial charge in [0.1, 0.15) is 5.75 Å². The maximum absolute atomic E-state index is 11.1. The van der Waals surface area contributed by atoms with Crippen LogP contribution in [0, 0.1) is 11.8 Å². The normalized spacial score (nSPS) is 12.5. The zero-order valence-corrected chi connectivity index (χ0v) is 13.0. The molecule has 4 nitrogen and oxygen atoms in total. The van der Waals surface area contributed by atoms with Crippen LogP contribution in [0.15, 0.2) is 22.7 Å². The van der Waals surface area contributed by atoms with Crippen LogP contribution in [0.4, 0.5) is 0 Å². The zero-order chi connectivity index (χ0) is 14.4. The Kier molecular flexibility index (Phi) is 6.31. The SMILES string of the molecule is COc1ccc(CNCC(C(=O)O)C(C)C)cc1Br. The molecule has 0 saturated heterocycles. The molecule has 0 aliphatic carbocycles. The van der Waals surface area contributed by atoms with Crippen molar-refractivity contribution in [3.05, 3.63) is 28.2 Å². The van der Waals surface area contributed by atoms with Crippen molar-refractivity contribution in [1.29, 1.82) is 0 Å². The largest absolute Gasteiger partial charge is 0.496 e. The van der Waals surface area contributed by atoms with Gasteiger partial charge in [0.05, 0.1) is 17.5 Å². The molecule has 1 rings (SSSR count). The third kappa shape index (κ3) is 4.84. The lowest BCUT2D eigenvalue weighted by Gasteiger charge is -2.17. The molecule has 1 atom stereocenters. The highest BCUT2D eigenvalue weighted by Gasteiger charge is 2.20. The Bertz CT molecular complexity index is 435. The number of halogens is 1. The first kappa shape index (κ1) is 16.0. The van der Waals surface area contributed by atoms with E-state index in [4.69, 9.17) is 9.84 Å². The van der Waals surface area contributed by atoms with E-state index < -0.39 is 5.97 Å². The van der Waals surface area contributed by atoms with Gasteiger partial charge >= 0.3 is 5.97 Å². The minimum Gasteiger partial charge on any atom is -0.496 e. The second-order valence-electron chi connectivity index (χ2n) is 4.79. The summed E-state index contributed by atoms with van der Waals surface area (Å²) in [5, 5.41) is 12.3. The summed E-state index contributed by atoms with van der Waals surface area (Å²) in [7, 11) is 1.62. The topological polar surface area (TPSA) is 58.6 Å². The number of methoxy groups -OCH3 is 1. The van der Waals surface area contributed by atoms with Crippen molar-refractivity contribution < 1.29 is 14.6 Å². The van der Waals surface area contributed by atoms with Crippen molar-refractivity contribution >= 4 is 21.9 Å². The Morgan fingerprint density at radius 2 is 2.16 bits per heavy atom. The quantitative estimate of drug-likeness (QED) is 0.807. The van der Waals surface area contributed by atoms with Crippen molar-refractivity contribution in [1.82, 2.24) is 5.32 Å². The lowest BCUT2D eigenvalue weighted by molar-refractivity contribution is -0.143. The second-order valence-corrected chi connectivity index (χ2v) is 5.64. The van der Waals surface area contributed by atoms with Crippen LogP contribution in [0.25, 0.3) is 0 Å². The molecule has 0 bridgehead atoms. The molecule has 0 saturated carbocycles. The van der Waals surface area contributed by atoms with E-state index in [9.17, 15) is 4.79 Å². The van der Waals surface area contributed by atoms with Crippen LogP contribution < -0.4 is 10.1 Å². The fourth-order valence-electron chi connectivity index (χ4n) is 1.80. The van der Waals surface area contributed by atoms with Crippen molar-refractivity contribution in [3.63, 3.8) is 0 Å². The summed E-state index contributed by atoms with van der Waals surface area (Å²) < 4.78 is 6.06. The number of nitrogens with one attached hydrogen (secondary N) is 1. The highest BCUT2D eigenvalue weighted by molar-refractivity contribution is 9.10. The van der Waals surface area contributed by atoms with Gasteiger partial charge in [-0.05, 0) is 39.5 Å². The number of carboxylic acids is 1. The van der Waals surface area contributed by atoms with Gasteiger partial charge in [0.15, 0.2) is 0 Å². The van der Waals surface area contributed by atoms with Gasteiger partial charge in [-0.3, -0.25) is 4.79 Å². The molecule has 0 aromatic heterocycles. The van der Waals surface area contributed by atoms with Crippen LogP contribution in [0.2, 0.25) is 0 Å². The second kappa shape index (κ2) is 7.50. The van der Waals surface area contributed by atoms with Crippen LogP contribution in [-0.2, 0) is 11.3 Å². The van der Waals surface area contributed by atoms with E-state index in [0.717, 1.165) is 15.8 Å². The molecule has 0 spiro atoms. The molecule has 0 heterocycles. The summed E-state index contributed by atoms with van der Waals surface area (Å²) in [6, 6.07) is 5.82. The van der Waals surface area contributed by atoms with Crippen LogP contribution >= 0.6 is 15.9 Å². The fraction of sp³-hybridized carbons (Fsp3) is 0.500. The molecule has 1 aromatic carbocycles. The van der Waals surface area contributed by atoms with Crippen molar-refractivity contribution in [2.24, 2.45) is 11.8 Å². The lowest BCUT2D eigenvalue weighted by Crippen LogP contribution is -2.31. The predicted molar refractivity (Wildman–Crippen MR) is 78.4 cm³/mol. The summed E-state index contributed by atoms with van der Waals surface area (Å²) in [6.45, 7) is 4.95. The highest BCUT2D eigenvalue weighted by atomic mass is 79.9. The molecule has 0 aliphatic heterocycles. The number of aliphatic carboxylic acids is 1. The highest BCUT2D eigenvalue weighted by Crippen LogP contribution is 2.25. The lowest BCUT2D eigenvalue weighted by atomic mass is 9.96. The number of ether oxygens (including phenoxy) is 1. The van der Waals surface area contributed by atoms with Gasteiger partial charge < -0.3 is 15.2 Å². The molecule has 0 aliphatic rings. The Hall–Kier alpha value is -1.07. The number of hydrogen-bond acceptors (Lipinski definition) is 3. The first-order valence-corrected chi connectivity index (χ1v) is 7.01. The Morgan fingerprint density at radius 1 is 1.47 bits per heavy atom. The number of rotatable bonds is 7. The van der Waals surface area contributed by atoms with E-state index in [-0.39, 0.29) is 11.8 Å². The smallest absolute Gasteiger partial charge is 0.308 e. The van der Waals surface area contributed by atoms with E-state index in [1.54, 1.807) is 7.11 Å². The van der Waals surface area contributed by atoms with Crippen LogP contribution in [0.1, 0.15) is 19.4 Å². The molecule has 0 fully saturated rings. The van der Waals surface area contributed by atoms with Crippen molar-refractivity contribution in [2.45, 2.75) is 20.4 Å². The van der Waals surface area contributed by atoms with E-state index >= 15 is 0 Å². The van der Waals surface area contributed by atoms with E-state index in [0.29, 0.717) is 13.1 Å². The molecule has 106 valence electrons. The molecule has 0 radical (unpaired) electrons. The van der Waals surface area contributed by atoms with E-state index in [1.165, 1.54) is 0 Å². The first-order valence-electron chi connectivity index (χ1n) is 6.21. The monoisotopic (exact) mass is 329 g/mol. The summed E-state index contributed by atoms with van der Waals surface area (Å²) in [5.74, 6) is -0.206. The molecular formula is C14H20BrNO3. The molecular weight excluding hydrogens is 310 g/mol. The number of carbonyl (C=O) groups is 1. The minimum atomic E-state index is -0.751.